The lowest BCUT2D eigenvalue weighted by atomic mass is 9.80. The zero-order valence-electron chi connectivity index (χ0n) is 21.5. The third-order valence-corrected chi connectivity index (χ3v) is 7.53. The second-order valence-electron chi connectivity index (χ2n) is 9.95. The molecule has 0 saturated heterocycles. The molecule has 0 atom stereocenters. The predicted octanol–water partition coefficient (Wildman–Crippen LogP) is 5.94. The van der Waals surface area contributed by atoms with Crippen molar-refractivity contribution in [2.45, 2.75) is 44.7 Å². The first kappa shape index (κ1) is 25.7. The van der Waals surface area contributed by atoms with Crippen LogP contribution in [0.5, 0.6) is 0 Å². The largest absolute Gasteiger partial charge is 0.391 e. The Balaban J connectivity index is 0.000000148. The van der Waals surface area contributed by atoms with Gasteiger partial charge in [-0.05, 0) is 50.3 Å². The van der Waals surface area contributed by atoms with E-state index >= 15 is 0 Å². The Morgan fingerprint density at radius 1 is 0.925 bits per heavy atom. The molecule has 1 aliphatic rings. The van der Waals surface area contributed by atoms with Crippen molar-refractivity contribution in [3.63, 3.8) is 0 Å². The van der Waals surface area contributed by atoms with Crippen LogP contribution in [0.25, 0.3) is 27.6 Å². The van der Waals surface area contributed by atoms with Gasteiger partial charge >= 0.3 is 6.18 Å². The van der Waals surface area contributed by atoms with Crippen LogP contribution in [-0.2, 0) is 0 Å². The molecule has 0 spiro atoms. The number of hydrogen-bond acceptors (Lipinski definition) is 6. The Hall–Kier alpha value is -4.61. The molecule has 0 unspecified atom stereocenters. The highest BCUT2D eigenvalue weighted by molar-refractivity contribution is 6.14. The van der Waals surface area contributed by atoms with Crippen LogP contribution in [-0.4, -0.2) is 51.7 Å². The van der Waals surface area contributed by atoms with Crippen molar-refractivity contribution in [3.05, 3.63) is 84.0 Å². The van der Waals surface area contributed by atoms with Crippen molar-refractivity contribution < 1.29 is 18.0 Å². The zero-order valence-corrected chi connectivity index (χ0v) is 21.5. The van der Waals surface area contributed by atoms with Crippen molar-refractivity contribution in [1.82, 2.24) is 39.7 Å². The molecule has 1 saturated carbocycles. The summed E-state index contributed by atoms with van der Waals surface area (Å²) >= 11 is 0. The van der Waals surface area contributed by atoms with Crippen LogP contribution < -0.4 is 0 Å². The maximum Gasteiger partial charge on any atom is 0.391 e. The maximum absolute atomic E-state index is 12.8. The Morgan fingerprint density at radius 3 is 2.35 bits per heavy atom. The topological polar surface area (TPSA) is 118 Å². The van der Waals surface area contributed by atoms with Gasteiger partial charge in [-0.2, -0.15) is 13.2 Å². The lowest BCUT2D eigenvalue weighted by Gasteiger charge is -2.28. The van der Waals surface area contributed by atoms with Crippen LogP contribution in [0.3, 0.4) is 0 Å². The summed E-state index contributed by atoms with van der Waals surface area (Å²) in [5, 5.41) is 9.93. The molecule has 0 aliphatic heterocycles. The number of H-pyrrole nitrogens is 2. The number of carbonyl (C=O) groups excluding carboxylic acids is 1. The summed E-state index contributed by atoms with van der Waals surface area (Å²) in [4.78, 5) is 30.9. The van der Waals surface area contributed by atoms with Crippen LogP contribution in [0.2, 0.25) is 0 Å². The van der Waals surface area contributed by atoms with E-state index in [0.717, 1.165) is 33.2 Å². The number of aryl methyl sites for hydroxylation is 1. The lowest BCUT2D eigenvalue weighted by Crippen LogP contribution is -2.27. The second kappa shape index (κ2) is 10.2. The number of fused-ring (bicyclic) bond motifs is 4. The van der Waals surface area contributed by atoms with Crippen LogP contribution in [0.15, 0.2) is 61.4 Å². The van der Waals surface area contributed by atoms with E-state index in [1.54, 1.807) is 23.2 Å². The molecule has 1 aromatic carbocycles. The molecule has 6 aromatic rings. The van der Waals surface area contributed by atoms with Gasteiger partial charge in [0, 0.05) is 34.6 Å². The van der Waals surface area contributed by atoms with E-state index in [1.807, 2.05) is 43.3 Å². The van der Waals surface area contributed by atoms with E-state index in [0.29, 0.717) is 29.7 Å². The van der Waals surface area contributed by atoms with E-state index < -0.39 is 12.1 Å². The quantitative estimate of drug-likeness (QED) is 0.265. The van der Waals surface area contributed by atoms with Gasteiger partial charge in [0.2, 0.25) is 5.78 Å². The molecule has 40 heavy (non-hydrogen) atoms. The Bertz CT molecular complexity index is 1810. The number of nitrogens with zero attached hydrogens (tertiary/aromatic N) is 6. The van der Waals surface area contributed by atoms with Crippen molar-refractivity contribution in [2.24, 2.45) is 5.92 Å². The summed E-state index contributed by atoms with van der Waals surface area (Å²) in [5.74, 6) is -1.23. The van der Waals surface area contributed by atoms with Gasteiger partial charge in [0.15, 0.2) is 0 Å². The smallest absolute Gasteiger partial charge is 0.346 e. The first-order valence-electron chi connectivity index (χ1n) is 12.9. The van der Waals surface area contributed by atoms with Crippen LogP contribution in [0.1, 0.15) is 58.9 Å². The normalized spacial score (nSPS) is 17.7. The highest BCUT2D eigenvalue weighted by atomic mass is 19.4. The van der Waals surface area contributed by atoms with Gasteiger partial charge in [0.1, 0.15) is 35.2 Å². The predicted molar refractivity (Wildman–Crippen MR) is 142 cm³/mol. The van der Waals surface area contributed by atoms with E-state index in [-0.39, 0.29) is 24.5 Å². The summed E-state index contributed by atoms with van der Waals surface area (Å²) in [6.07, 6.45) is 3.75. The van der Waals surface area contributed by atoms with E-state index in [9.17, 15) is 18.0 Å². The fraction of sp³-hybridized carbons (Fsp3) is 0.286. The Morgan fingerprint density at radius 2 is 1.62 bits per heavy atom. The highest BCUT2D eigenvalue weighted by Crippen LogP contribution is 2.43. The minimum atomic E-state index is -4.09. The van der Waals surface area contributed by atoms with Crippen molar-refractivity contribution in [2.75, 3.05) is 0 Å². The minimum Gasteiger partial charge on any atom is -0.346 e. The standard InChI is InChI=1S/C14H14F3N5.C14H11N3O/c15-14(16,17)9-3-1-8(2-4-9)11-12-10-5-6-18-13(10)19-7-22(12)21-20-11;1-9-4-2-3-5-10(9)13(18)12-11-6-7-15-14(11)17-8-16-12/h5-9,18H,1-4H2;2-8H,1H3,(H,15,16,17). The number of halogens is 3. The fourth-order valence-corrected chi connectivity index (χ4v) is 5.40. The molecular weight excluding hydrogens is 521 g/mol. The molecule has 5 aromatic heterocycles. The van der Waals surface area contributed by atoms with Gasteiger partial charge in [-0.15, -0.1) is 5.10 Å². The molecule has 0 bridgehead atoms. The number of hydrogen-bond donors (Lipinski definition) is 2. The molecule has 9 nitrogen and oxygen atoms in total. The number of ketones is 1. The highest BCUT2D eigenvalue weighted by Gasteiger charge is 2.42. The number of benzene rings is 1. The average molecular weight is 547 g/mol. The summed E-state index contributed by atoms with van der Waals surface area (Å²) < 4.78 is 40.0. The molecule has 5 heterocycles. The molecule has 1 aliphatic carbocycles. The number of aromatic nitrogens is 8. The van der Waals surface area contributed by atoms with Gasteiger partial charge < -0.3 is 9.97 Å². The summed E-state index contributed by atoms with van der Waals surface area (Å²) in [7, 11) is 0. The van der Waals surface area contributed by atoms with Crippen LogP contribution in [0.4, 0.5) is 13.2 Å². The Kier molecular flexibility index (Phi) is 6.53. The Labute approximate surface area is 225 Å². The third-order valence-electron chi connectivity index (χ3n) is 7.53. The SMILES string of the molecule is Cc1ccccc1C(=O)c1ncnc2[nH]ccc12.FC(F)(F)C1CCC(c2nnn3cnc4[nH]ccc4c23)CC1. The number of aromatic amines is 2. The molecule has 0 radical (unpaired) electrons. The van der Waals surface area contributed by atoms with Gasteiger partial charge in [-0.3, -0.25) is 4.79 Å². The lowest BCUT2D eigenvalue weighted by molar-refractivity contribution is -0.182. The molecular formula is C28H25F3N8O. The third kappa shape index (κ3) is 4.69. The zero-order chi connectivity index (χ0) is 27.9. The summed E-state index contributed by atoms with van der Waals surface area (Å²) in [6.45, 7) is 1.92. The van der Waals surface area contributed by atoms with E-state index in [1.165, 1.54) is 6.33 Å². The van der Waals surface area contributed by atoms with Crippen molar-refractivity contribution in [3.8, 4) is 0 Å². The molecule has 204 valence electrons. The number of alkyl halides is 3. The van der Waals surface area contributed by atoms with Gasteiger partial charge in [-0.25, -0.2) is 19.5 Å². The maximum atomic E-state index is 12.8. The van der Waals surface area contributed by atoms with Gasteiger partial charge in [-0.1, -0.05) is 29.5 Å². The van der Waals surface area contributed by atoms with Crippen LogP contribution in [0, 0.1) is 12.8 Å². The van der Waals surface area contributed by atoms with Crippen LogP contribution >= 0.6 is 0 Å². The van der Waals surface area contributed by atoms with E-state index in [4.69, 9.17) is 0 Å². The summed E-state index contributed by atoms with van der Waals surface area (Å²) in [5.41, 5.74) is 5.12. The first-order valence-corrected chi connectivity index (χ1v) is 12.9. The first-order chi connectivity index (χ1) is 19.3. The summed E-state index contributed by atoms with van der Waals surface area (Å²) in [6, 6.07) is 11.2. The monoisotopic (exact) mass is 546 g/mol. The van der Waals surface area contributed by atoms with Crippen molar-refractivity contribution >= 4 is 33.4 Å². The number of rotatable bonds is 3. The van der Waals surface area contributed by atoms with Gasteiger partial charge in [0.25, 0.3) is 0 Å². The second-order valence-corrected chi connectivity index (χ2v) is 9.95. The molecule has 1 fully saturated rings. The number of nitrogens with one attached hydrogen (secondary N) is 2. The van der Waals surface area contributed by atoms with E-state index in [2.05, 4.69) is 35.2 Å². The number of carbonyl (C=O) groups is 1. The average Bonchev–Trinajstić information content (AvgIpc) is 3.71. The minimum absolute atomic E-state index is 0.0246. The molecule has 0 amide bonds. The van der Waals surface area contributed by atoms with Gasteiger partial charge in [0.05, 0.1) is 11.6 Å². The molecule has 12 heteroatoms. The molecule has 2 N–H and O–H groups in total. The fourth-order valence-electron chi connectivity index (χ4n) is 5.40. The molecule has 7 rings (SSSR count). The van der Waals surface area contributed by atoms with Crippen molar-refractivity contribution in [1.29, 1.82) is 0 Å².